The highest BCUT2D eigenvalue weighted by Gasteiger charge is 2.13. The lowest BCUT2D eigenvalue weighted by Crippen LogP contribution is -1.99. The van der Waals surface area contributed by atoms with Gasteiger partial charge in [0, 0.05) is 34.6 Å². The van der Waals surface area contributed by atoms with Crippen LogP contribution in [0, 0.1) is 6.92 Å². The van der Waals surface area contributed by atoms with Gasteiger partial charge in [-0.1, -0.05) is 30.3 Å². The van der Waals surface area contributed by atoms with Gasteiger partial charge in [0.15, 0.2) is 0 Å². The van der Waals surface area contributed by atoms with Crippen molar-refractivity contribution in [3.05, 3.63) is 65.5 Å². The fraction of sp³-hybridized carbons (Fsp3) is 0.211. The van der Waals surface area contributed by atoms with Crippen molar-refractivity contribution < 1.29 is 9.47 Å². The van der Waals surface area contributed by atoms with Gasteiger partial charge in [-0.15, -0.1) is 0 Å². The first-order chi connectivity index (χ1) is 10.7. The standard InChI is InChI=1S/C19H19NO2/c1-13-8-9-15(20-12-13)10-14-11-18(21-2)16-6-4-5-7-17(16)19(14)22-3/h4-9,11-12H,10H2,1-3H3. The van der Waals surface area contributed by atoms with Crippen molar-refractivity contribution in [1.82, 2.24) is 4.98 Å². The average molecular weight is 293 g/mol. The Hall–Kier alpha value is -2.55. The van der Waals surface area contributed by atoms with Crippen LogP contribution in [0.1, 0.15) is 16.8 Å². The Kier molecular flexibility index (Phi) is 3.96. The summed E-state index contributed by atoms with van der Waals surface area (Å²) < 4.78 is 11.2. The van der Waals surface area contributed by atoms with E-state index in [1.165, 1.54) is 0 Å². The number of aromatic nitrogens is 1. The van der Waals surface area contributed by atoms with Crippen LogP contribution in [0.15, 0.2) is 48.7 Å². The molecule has 1 heterocycles. The Morgan fingerprint density at radius 3 is 2.36 bits per heavy atom. The molecule has 0 spiro atoms. The summed E-state index contributed by atoms with van der Waals surface area (Å²) in [5.41, 5.74) is 3.25. The Balaban J connectivity index is 2.13. The molecule has 0 amide bonds. The largest absolute Gasteiger partial charge is 0.496 e. The van der Waals surface area contributed by atoms with Crippen molar-refractivity contribution in [2.45, 2.75) is 13.3 Å². The molecule has 2 aromatic carbocycles. The number of rotatable bonds is 4. The molecule has 0 aliphatic heterocycles. The SMILES string of the molecule is COc1cc(Cc2ccc(C)cn2)c(OC)c2ccccc12. The van der Waals surface area contributed by atoms with Crippen LogP contribution in [-0.2, 0) is 6.42 Å². The van der Waals surface area contributed by atoms with Gasteiger partial charge in [-0.3, -0.25) is 4.98 Å². The highest BCUT2D eigenvalue weighted by molar-refractivity contribution is 5.94. The molecule has 0 saturated heterocycles. The van der Waals surface area contributed by atoms with Crippen molar-refractivity contribution in [2.24, 2.45) is 0 Å². The van der Waals surface area contributed by atoms with Crippen molar-refractivity contribution in [1.29, 1.82) is 0 Å². The topological polar surface area (TPSA) is 31.4 Å². The Morgan fingerprint density at radius 1 is 0.955 bits per heavy atom. The quantitative estimate of drug-likeness (QED) is 0.724. The zero-order chi connectivity index (χ0) is 15.5. The third kappa shape index (κ3) is 2.62. The molecule has 1 aromatic heterocycles. The number of fused-ring (bicyclic) bond motifs is 1. The van der Waals surface area contributed by atoms with E-state index in [0.717, 1.165) is 39.1 Å². The fourth-order valence-electron chi connectivity index (χ4n) is 2.71. The van der Waals surface area contributed by atoms with Crippen molar-refractivity contribution in [3.63, 3.8) is 0 Å². The van der Waals surface area contributed by atoms with Crippen LogP contribution >= 0.6 is 0 Å². The highest BCUT2D eigenvalue weighted by Crippen LogP contribution is 2.37. The van der Waals surface area contributed by atoms with Gasteiger partial charge in [-0.2, -0.15) is 0 Å². The first-order valence-electron chi connectivity index (χ1n) is 7.27. The minimum atomic E-state index is 0.713. The molecule has 0 aliphatic carbocycles. The van der Waals surface area contributed by atoms with Crippen LogP contribution in [0.3, 0.4) is 0 Å². The van der Waals surface area contributed by atoms with Crippen LogP contribution in [0.2, 0.25) is 0 Å². The van der Waals surface area contributed by atoms with E-state index < -0.39 is 0 Å². The second-order valence-corrected chi connectivity index (χ2v) is 5.32. The summed E-state index contributed by atoms with van der Waals surface area (Å²) in [5, 5.41) is 2.12. The van der Waals surface area contributed by atoms with Crippen LogP contribution in [0.5, 0.6) is 11.5 Å². The minimum absolute atomic E-state index is 0.713. The Bertz CT molecular complexity index is 794. The van der Waals surface area contributed by atoms with Gasteiger partial charge in [0.05, 0.1) is 14.2 Å². The number of aryl methyl sites for hydroxylation is 1. The highest BCUT2D eigenvalue weighted by atomic mass is 16.5. The van der Waals surface area contributed by atoms with Crippen LogP contribution in [-0.4, -0.2) is 19.2 Å². The molecule has 3 heteroatoms. The third-order valence-electron chi connectivity index (χ3n) is 3.80. The van der Waals surface area contributed by atoms with Gasteiger partial charge in [-0.25, -0.2) is 0 Å². The van der Waals surface area contributed by atoms with Crippen LogP contribution < -0.4 is 9.47 Å². The van der Waals surface area contributed by atoms with E-state index in [1.54, 1.807) is 14.2 Å². The third-order valence-corrected chi connectivity index (χ3v) is 3.80. The van der Waals surface area contributed by atoms with Gasteiger partial charge in [0.1, 0.15) is 11.5 Å². The van der Waals surface area contributed by atoms with E-state index in [0.29, 0.717) is 6.42 Å². The van der Waals surface area contributed by atoms with Crippen molar-refractivity contribution >= 4 is 10.8 Å². The second-order valence-electron chi connectivity index (χ2n) is 5.32. The maximum atomic E-state index is 5.67. The van der Waals surface area contributed by atoms with E-state index in [2.05, 4.69) is 23.2 Å². The monoisotopic (exact) mass is 293 g/mol. The number of nitrogens with zero attached hydrogens (tertiary/aromatic N) is 1. The van der Waals surface area contributed by atoms with Gasteiger partial charge in [-0.05, 0) is 24.6 Å². The number of hydrogen-bond donors (Lipinski definition) is 0. The lowest BCUT2D eigenvalue weighted by atomic mass is 10.0. The van der Waals surface area contributed by atoms with Crippen LogP contribution in [0.4, 0.5) is 0 Å². The van der Waals surface area contributed by atoms with Crippen LogP contribution in [0.25, 0.3) is 10.8 Å². The predicted octanol–water partition coefficient (Wildman–Crippen LogP) is 4.15. The molecule has 0 bridgehead atoms. The summed E-state index contributed by atoms with van der Waals surface area (Å²) in [5.74, 6) is 1.75. The van der Waals surface area contributed by atoms with E-state index in [1.807, 2.05) is 37.4 Å². The van der Waals surface area contributed by atoms with E-state index in [4.69, 9.17) is 9.47 Å². The summed E-state index contributed by atoms with van der Waals surface area (Å²) in [7, 11) is 3.41. The second kappa shape index (κ2) is 6.06. The molecule has 22 heavy (non-hydrogen) atoms. The molecular weight excluding hydrogens is 274 g/mol. The van der Waals surface area contributed by atoms with E-state index in [-0.39, 0.29) is 0 Å². The number of hydrogen-bond acceptors (Lipinski definition) is 3. The number of pyridine rings is 1. The summed E-state index contributed by atoms with van der Waals surface area (Å²) in [6.45, 7) is 2.04. The molecule has 3 rings (SSSR count). The zero-order valence-corrected chi connectivity index (χ0v) is 13.1. The maximum absolute atomic E-state index is 5.67. The zero-order valence-electron chi connectivity index (χ0n) is 13.1. The molecule has 0 radical (unpaired) electrons. The summed E-state index contributed by atoms with van der Waals surface area (Å²) in [4.78, 5) is 4.49. The molecular formula is C19H19NO2. The molecule has 0 N–H and O–H groups in total. The molecule has 0 aliphatic rings. The summed E-state index contributed by atoms with van der Waals surface area (Å²) >= 11 is 0. The van der Waals surface area contributed by atoms with Crippen molar-refractivity contribution in [3.8, 4) is 11.5 Å². The molecule has 0 atom stereocenters. The fourth-order valence-corrected chi connectivity index (χ4v) is 2.71. The maximum Gasteiger partial charge on any atom is 0.130 e. The molecule has 3 aromatic rings. The first-order valence-corrected chi connectivity index (χ1v) is 7.27. The molecule has 3 nitrogen and oxygen atoms in total. The average Bonchev–Trinajstić information content (AvgIpc) is 2.56. The van der Waals surface area contributed by atoms with Gasteiger partial charge in [0.25, 0.3) is 0 Å². The van der Waals surface area contributed by atoms with Crippen molar-refractivity contribution in [2.75, 3.05) is 14.2 Å². The number of ether oxygens (including phenoxy) is 2. The lowest BCUT2D eigenvalue weighted by Gasteiger charge is -2.15. The van der Waals surface area contributed by atoms with Gasteiger partial charge in [0.2, 0.25) is 0 Å². The summed E-state index contributed by atoms with van der Waals surface area (Å²) in [6.07, 6.45) is 2.60. The normalized spacial score (nSPS) is 10.7. The van der Waals surface area contributed by atoms with E-state index in [9.17, 15) is 0 Å². The number of benzene rings is 2. The first kappa shape index (κ1) is 14.4. The van der Waals surface area contributed by atoms with Gasteiger partial charge >= 0.3 is 0 Å². The molecule has 0 saturated carbocycles. The molecule has 0 unspecified atom stereocenters. The smallest absolute Gasteiger partial charge is 0.130 e. The minimum Gasteiger partial charge on any atom is -0.496 e. The summed E-state index contributed by atoms with van der Waals surface area (Å²) in [6, 6.07) is 14.3. The molecule has 112 valence electrons. The number of methoxy groups -OCH3 is 2. The predicted molar refractivity (Wildman–Crippen MR) is 88.8 cm³/mol. The molecule has 0 fully saturated rings. The van der Waals surface area contributed by atoms with Gasteiger partial charge < -0.3 is 9.47 Å². The van der Waals surface area contributed by atoms with E-state index >= 15 is 0 Å². The lowest BCUT2D eigenvalue weighted by molar-refractivity contribution is 0.407. The Morgan fingerprint density at radius 2 is 1.73 bits per heavy atom. The Labute approximate surface area is 130 Å².